The van der Waals surface area contributed by atoms with Gasteiger partial charge in [-0.05, 0) is 35.0 Å². The van der Waals surface area contributed by atoms with E-state index >= 15 is 0 Å². The molecule has 0 aromatic carbocycles. The summed E-state index contributed by atoms with van der Waals surface area (Å²) in [5, 5.41) is 2.59. The second kappa shape index (κ2) is 4.34. The minimum Gasteiger partial charge on any atom is -0.320 e. The van der Waals surface area contributed by atoms with Gasteiger partial charge in [0, 0.05) is 6.20 Å². The van der Waals surface area contributed by atoms with Gasteiger partial charge in [0.1, 0.15) is 5.82 Å². The summed E-state index contributed by atoms with van der Waals surface area (Å²) in [5.41, 5.74) is 5.38. The van der Waals surface area contributed by atoms with Crippen LogP contribution in [0.15, 0.2) is 22.8 Å². The summed E-state index contributed by atoms with van der Waals surface area (Å²) in [6, 6.07) is 3.03. The summed E-state index contributed by atoms with van der Waals surface area (Å²) in [6.07, 6.45) is 1.60. The fourth-order valence-corrected chi connectivity index (χ4v) is 1.06. The number of aromatic nitrogens is 1. The molecule has 0 unspecified atom stereocenters. The molecule has 1 heterocycles. The highest BCUT2D eigenvalue weighted by molar-refractivity contribution is 9.10. The monoisotopic (exact) mass is 243 g/mol. The number of hydrogen-bond acceptors (Lipinski definition) is 3. The maximum absolute atomic E-state index is 11.2. The van der Waals surface area contributed by atoms with Crippen LogP contribution in [0.25, 0.3) is 0 Å². The lowest BCUT2D eigenvalue weighted by molar-refractivity contribution is -0.117. The molecule has 0 aliphatic heterocycles. The lowest BCUT2D eigenvalue weighted by Gasteiger charge is -2.07. The smallest absolute Gasteiger partial charge is 0.242 e. The number of carbonyl (C=O) groups is 1. The number of rotatable bonds is 2. The van der Waals surface area contributed by atoms with E-state index in [1.807, 2.05) is 0 Å². The maximum Gasteiger partial charge on any atom is 0.242 e. The minimum absolute atomic E-state index is 0.251. The third-order valence-corrected chi connectivity index (χ3v) is 2.05. The Bertz CT molecular complexity index is 314. The number of nitrogens with one attached hydrogen (secondary N) is 1. The molecule has 0 aliphatic rings. The van der Waals surface area contributed by atoms with Crippen molar-refractivity contribution in [2.24, 2.45) is 5.73 Å². The molecule has 3 N–H and O–H groups in total. The van der Waals surface area contributed by atoms with Gasteiger partial charge in [0.05, 0.1) is 10.5 Å². The largest absolute Gasteiger partial charge is 0.320 e. The molecule has 0 radical (unpaired) electrons. The first kappa shape index (κ1) is 10.1. The van der Waals surface area contributed by atoms with Crippen molar-refractivity contribution < 1.29 is 4.79 Å². The van der Waals surface area contributed by atoms with Crippen LogP contribution in [-0.2, 0) is 4.79 Å². The second-order valence-electron chi connectivity index (χ2n) is 2.61. The van der Waals surface area contributed by atoms with Crippen molar-refractivity contribution in [3.05, 3.63) is 22.8 Å². The summed E-state index contributed by atoms with van der Waals surface area (Å²) >= 11 is 3.26. The van der Waals surface area contributed by atoms with Gasteiger partial charge in [-0.2, -0.15) is 0 Å². The molecule has 0 aliphatic carbocycles. The zero-order valence-electron chi connectivity index (χ0n) is 7.12. The lowest BCUT2D eigenvalue weighted by Crippen LogP contribution is -2.32. The van der Waals surface area contributed by atoms with Crippen LogP contribution in [0.1, 0.15) is 6.92 Å². The van der Waals surface area contributed by atoms with Crippen LogP contribution >= 0.6 is 15.9 Å². The molecule has 1 amide bonds. The fraction of sp³-hybridized carbons (Fsp3) is 0.250. The number of anilines is 1. The molecule has 4 nitrogen and oxygen atoms in total. The number of hydrogen-bond donors (Lipinski definition) is 2. The van der Waals surface area contributed by atoms with Crippen molar-refractivity contribution in [1.82, 2.24) is 4.98 Å². The van der Waals surface area contributed by atoms with E-state index in [2.05, 4.69) is 26.2 Å². The van der Waals surface area contributed by atoms with Crippen LogP contribution in [0, 0.1) is 0 Å². The highest BCUT2D eigenvalue weighted by atomic mass is 79.9. The average molecular weight is 244 g/mol. The summed E-state index contributed by atoms with van der Waals surface area (Å²) in [5.74, 6) is 0.240. The maximum atomic E-state index is 11.2. The van der Waals surface area contributed by atoms with Gasteiger partial charge in [-0.1, -0.05) is 0 Å². The van der Waals surface area contributed by atoms with Crippen LogP contribution in [0.5, 0.6) is 0 Å². The predicted octanol–water partition coefficient (Wildman–Crippen LogP) is 1.13. The van der Waals surface area contributed by atoms with E-state index in [4.69, 9.17) is 5.73 Å². The molecule has 0 spiro atoms. The zero-order valence-corrected chi connectivity index (χ0v) is 8.71. The Morgan fingerprint density at radius 3 is 3.00 bits per heavy atom. The summed E-state index contributed by atoms with van der Waals surface area (Å²) in [6.45, 7) is 1.62. The third-order valence-electron chi connectivity index (χ3n) is 1.41. The van der Waals surface area contributed by atoms with Crippen molar-refractivity contribution in [2.75, 3.05) is 5.32 Å². The number of amides is 1. The molecule has 5 heteroatoms. The first-order valence-electron chi connectivity index (χ1n) is 3.78. The van der Waals surface area contributed by atoms with Gasteiger partial charge in [0.25, 0.3) is 0 Å². The number of carbonyl (C=O) groups excluding carboxylic acids is 1. The van der Waals surface area contributed by atoms with Crippen LogP contribution in [0.3, 0.4) is 0 Å². The highest BCUT2D eigenvalue weighted by Crippen LogP contribution is 2.17. The number of pyridine rings is 1. The molecular weight excluding hydrogens is 234 g/mol. The topological polar surface area (TPSA) is 68.0 Å². The Labute approximate surface area is 84.7 Å². The first-order valence-corrected chi connectivity index (χ1v) is 4.57. The lowest BCUT2D eigenvalue weighted by atomic mass is 10.3. The van der Waals surface area contributed by atoms with E-state index in [0.717, 1.165) is 4.47 Å². The Balaban J connectivity index is 2.75. The van der Waals surface area contributed by atoms with Crippen molar-refractivity contribution in [3.8, 4) is 0 Å². The summed E-state index contributed by atoms with van der Waals surface area (Å²) < 4.78 is 0.740. The number of halogens is 1. The first-order chi connectivity index (χ1) is 6.11. The van der Waals surface area contributed by atoms with Gasteiger partial charge in [-0.15, -0.1) is 0 Å². The predicted molar refractivity (Wildman–Crippen MR) is 54.2 cm³/mol. The van der Waals surface area contributed by atoms with E-state index < -0.39 is 6.04 Å². The number of nitrogens with zero attached hydrogens (tertiary/aromatic N) is 1. The molecule has 1 aromatic rings. The van der Waals surface area contributed by atoms with Gasteiger partial charge < -0.3 is 11.1 Å². The normalized spacial score (nSPS) is 12.2. The average Bonchev–Trinajstić information content (AvgIpc) is 2.08. The van der Waals surface area contributed by atoms with Gasteiger partial charge in [-0.3, -0.25) is 4.79 Å². The molecule has 0 saturated carbocycles. The van der Waals surface area contributed by atoms with Crippen LogP contribution in [0.2, 0.25) is 0 Å². The Hall–Kier alpha value is -0.940. The minimum atomic E-state index is -0.533. The van der Waals surface area contributed by atoms with Gasteiger partial charge in [-0.25, -0.2) is 4.98 Å². The molecule has 1 rings (SSSR count). The third kappa shape index (κ3) is 2.78. The molecule has 70 valence electrons. The van der Waals surface area contributed by atoms with E-state index in [9.17, 15) is 4.79 Å². The second-order valence-corrected chi connectivity index (χ2v) is 3.47. The Morgan fingerprint density at radius 2 is 2.46 bits per heavy atom. The van der Waals surface area contributed by atoms with Crippen LogP contribution in [-0.4, -0.2) is 16.9 Å². The van der Waals surface area contributed by atoms with E-state index in [1.54, 1.807) is 25.3 Å². The molecule has 0 fully saturated rings. The van der Waals surface area contributed by atoms with E-state index in [-0.39, 0.29) is 5.91 Å². The zero-order chi connectivity index (χ0) is 9.84. The number of nitrogens with two attached hydrogens (primary N) is 1. The van der Waals surface area contributed by atoms with Crippen molar-refractivity contribution in [3.63, 3.8) is 0 Å². The highest BCUT2D eigenvalue weighted by Gasteiger charge is 2.09. The standard InChI is InChI=1S/C8H10BrN3O/c1-5(10)8(13)12-7-6(9)3-2-4-11-7/h2-5H,10H2,1H3,(H,11,12,13)/t5-/m1/s1. The summed E-state index contributed by atoms with van der Waals surface area (Å²) in [7, 11) is 0. The SMILES string of the molecule is C[C@@H](N)C(=O)Nc1ncccc1Br. The van der Waals surface area contributed by atoms with Gasteiger partial charge in [0.2, 0.25) is 5.91 Å². The van der Waals surface area contributed by atoms with Crippen molar-refractivity contribution in [1.29, 1.82) is 0 Å². The molecular formula is C8H10BrN3O. The van der Waals surface area contributed by atoms with Gasteiger partial charge >= 0.3 is 0 Å². The van der Waals surface area contributed by atoms with E-state index in [0.29, 0.717) is 5.82 Å². The quantitative estimate of drug-likeness (QED) is 0.819. The van der Waals surface area contributed by atoms with Crippen LogP contribution < -0.4 is 11.1 Å². The van der Waals surface area contributed by atoms with Crippen molar-refractivity contribution >= 4 is 27.7 Å². The Kier molecular flexibility index (Phi) is 3.39. The Morgan fingerprint density at radius 1 is 1.77 bits per heavy atom. The molecule has 1 atom stereocenters. The van der Waals surface area contributed by atoms with Gasteiger partial charge in [0.15, 0.2) is 0 Å². The van der Waals surface area contributed by atoms with Crippen LogP contribution in [0.4, 0.5) is 5.82 Å². The molecule has 1 aromatic heterocycles. The van der Waals surface area contributed by atoms with Crippen molar-refractivity contribution in [2.45, 2.75) is 13.0 Å². The fourth-order valence-electron chi connectivity index (χ4n) is 0.708. The molecule has 0 saturated heterocycles. The summed E-state index contributed by atoms with van der Waals surface area (Å²) in [4.78, 5) is 15.1. The van der Waals surface area contributed by atoms with E-state index in [1.165, 1.54) is 0 Å². The molecule has 13 heavy (non-hydrogen) atoms. The molecule has 0 bridgehead atoms.